The van der Waals surface area contributed by atoms with Gasteiger partial charge in [-0.15, -0.1) is 0 Å². The van der Waals surface area contributed by atoms with Crippen molar-refractivity contribution in [2.24, 2.45) is 4.99 Å². The van der Waals surface area contributed by atoms with Crippen LogP contribution in [0.15, 0.2) is 11.2 Å². The Balaban J connectivity index is 1.55. The Hall–Kier alpha value is -2.35. The van der Waals surface area contributed by atoms with Crippen LogP contribution in [-0.2, 0) is 16.1 Å². The maximum atomic E-state index is 12.5. The summed E-state index contributed by atoms with van der Waals surface area (Å²) in [6, 6.07) is 0. The molecule has 0 radical (unpaired) electrons. The number of hydrogen-bond acceptors (Lipinski definition) is 5. The van der Waals surface area contributed by atoms with E-state index in [0.29, 0.717) is 26.2 Å². The fraction of sp³-hybridized carbons (Fsp3) is 0.650. The van der Waals surface area contributed by atoms with Crippen molar-refractivity contribution in [3.8, 4) is 5.75 Å². The molecule has 2 saturated heterocycles. The van der Waals surface area contributed by atoms with Gasteiger partial charge in [0.15, 0.2) is 5.96 Å². The molecule has 2 aliphatic rings. The van der Waals surface area contributed by atoms with Crippen LogP contribution in [0.25, 0.3) is 0 Å². The van der Waals surface area contributed by atoms with Crippen LogP contribution in [-0.4, -0.2) is 79.7 Å². The van der Waals surface area contributed by atoms with E-state index in [4.69, 9.17) is 9.47 Å². The molecule has 0 bridgehead atoms. The fourth-order valence-corrected chi connectivity index (χ4v) is 3.86. The van der Waals surface area contributed by atoms with Crippen molar-refractivity contribution < 1.29 is 14.3 Å². The van der Waals surface area contributed by atoms with E-state index in [1.54, 1.807) is 14.2 Å². The minimum absolute atomic E-state index is 0.131. The lowest BCUT2D eigenvalue weighted by molar-refractivity contribution is -0.142. The van der Waals surface area contributed by atoms with Gasteiger partial charge in [0, 0.05) is 57.2 Å². The summed E-state index contributed by atoms with van der Waals surface area (Å²) < 4.78 is 11.0. The molecule has 1 atom stereocenters. The SMILES string of the molecule is CN=C(NCc1ncc(C)c(OC)c1C)N1CCN(C(=O)C2CCCO2)CC1. The summed E-state index contributed by atoms with van der Waals surface area (Å²) in [6.07, 6.45) is 3.41. The van der Waals surface area contributed by atoms with E-state index < -0.39 is 0 Å². The number of methoxy groups -OCH3 is 1. The summed E-state index contributed by atoms with van der Waals surface area (Å²) in [7, 11) is 3.46. The molecule has 2 fully saturated rings. The van der Waals surface area contributed by atoms with Crippen LogP contribution in [0.3, 0.4) is 0 Å². The number of piperazine rings is 1. The summed E-state index contributed by atoms with van der Waals surface area (Å²) in [5.41, 5.74) is 3.01. The van der Waals surface area contributed by atoms with Gasteiger partial charge in [0.1, 0.15) is 11.9 Å². The Morgan fingerprint density at radius 1 is 1.32 bits per heavy atom. The van der Waals surface area contributed by atoms with Crippen molar-refractivity contribution in [3.63, 3.8) is 0 Å². The first kappa shape index (κ1) is 20.4. The molecule has 1 aromatic heterocycles. The second-order valence-electron chi connectivity index (χ2n) is 7.26. The number of hydrogen-bond donors (Lipinski definition) is 1. The number of rotatable bonds is 4. The Kier molecular flexibility index (Phi) is 6.72. The highest BCUT2D eigenvalue weighted by molar-refractivity contribution is 5.82. The Bertz CT molecular complexity index is 723. The lowest BCUT2D eigenvalue weighted by Crippen LogP contribution is -2.55. The third-order valence-electron chi connectivity index (χ3n) is 5.47. The quantitative estimate of drug-likeness (QED) is 0.614. The van der Waals surface area contributed by atoms with Crippen LogP contribution < -0.4 is 10.1 Å². The number of carbonyl (C=O) groups is 1. The highest BCUT2D eigenvalue weighted by Crippen LogP contribution is 2.23. The molecule has 2 aliphatic heterocycles. The van der Waals surface area contributed by atoms with E-state index in [0.717, 1.165) is 54.5 Å². The maximum Gasteiger partial charge on any atom is 0.251 e. The van der Waals surface area contributed by atoms with Crippen LogP contribution in [0.5, 0.6) is 5.75 Å². The van der Waals surface area contributed by atoms with E-state index in [9.17, 15) is 4.79 Å². The van der Waals surface area contributed by atoms with E-state index in [1.165, 1.54) is 0 Å². The normalized spacial score (nSPS) is 20.4. The molecule has 1 amide bonds. The lowest BCUT2D eigenvalue weighted by Gasteiger charge is -2.37. The Morgan fingerprint density at radius 2 is 2.04 bits per heavy atom. The van der Waals surface area contributed by atoms with Crippen LogP contribution >= 0.6 is 0 Å². The zero-order valence-corrected chi connectivity index (χ0v) is 17.3. The average Bonchev–Trinajstić information content (AvgIpc) is 3.25. The van der Waals surface area contributed by atoms with Gasteiger partial charge in [-0.05, 0) is 26.7 Å². The second kappa shape index (κ2) is 9.23. The molecule has 1 N–H and O–H groups in total. The standard InChI is InChI=1S/C20H31N5O3/c1-14-12-22-16(15(2)18(14)27-4)13-23-20(21-3)25-9-7-24(8-10-25)19(26)17-6-5-11-28-17/h12,17H,5-11,13H2,1-4H3,(H,21,23). The number of pyridine rings is 1. The molecule has 0 aromatic carbocycles. The van der Waals surface area contributed by atoms with Crippen molar-refractivity contribution >= 4 is 11.9 Å². The summed E-state index contributed by atoms with van der Waals surface area (Å²) in [4.78, 5) is 25.5. The fourth-order valence-electron chi connectivity index (χ4n) is 3.86. The van der Waals surface area contributed by atoms with Gasteiger partial charge in [0.2, 0.25) is 0 Å². The number of aromatic nitrogens is 1. The average molecular weight is 390 g/mol. The first-order valence-electron chi connectivity index (χ1n) is 9.90. The number of nitrogens with one attached hydrogen (secondary N) is 1. The summed E-state index contributed by atoms with van der Waals surface area (Å²) in [5.74, 6) is 1.83. The summed E-state index contributed by atoms with van der Waals surface area (Å²) in [5, 5.41) is 3.40. The lowest BCUT2D eigenvalue weighted by atomic mass is 10.1. The van der Waals surface area contributed by atoms with Gasteiger partial charge in [-0.1, -0.05) is 0 Å². The number of ether oxygens (including phenoxy) is 2. The first-order valence-corrected chi connectivity index (χ1v) is 9.90. The largest absolute Gasteiger partial charge is 0.496 e. The van der Waals surface area contributed by atoms with E-state index in [-0.39, 0.29) is 12.0 Å². The number of aliphatic imine (C=N–C) groups is 1. The van der Waals surface area contributed by atoms with Gasteiger partial charge in [-0.2, -0.15) is 0 Å². The molecule has 154 valence electrons. The van der Waals surface area contributed by atoms with Gasteiger partial charge in [-0.3, -0.25) is 14.8 Å². The van der Waals surface area contributed by atoms with Crippen LogP contribution in [0, 0.1) is 13.8 Å². The van der Waals surface area contributed by atoms with Gasteiger partial charge < -0.3 is 24.6 Å². The predicted octanol–water partition coefficient (Wildman–Crippen LogP) is 1.11. The predicted molar refractivity (Wildman–Crippen MR) is 108 cm³/mol. The zero-order valence-electron chi connectivity index (χ0n) is 17.3. The smallest absolute Gasteiger partial charge is 0.251 e. The van der Waals surface area contributed by atoms with Crippen molar-refractivity contribution in [1.29, 1.82) is 0 Å². The number of aryl methyl sites for hydroxylation is 1. The molecular weight excluding hydrogens is 358 g/mol. The van der Waals surface area contributed by atoms with Crippen LogP contribution in [0.2, 0.25) is 0 Å². The second-order valence-corrected chi connectivity index (χ2v) is 7.26. The number of guanidine groups is 1. The van der Waals surface area contributed by atoms with Crippen molar-refractivity contribution in [2.75, 3.05) is 46.9 Å². The zero-order chi connectivity index (χ0) is 20.1. The Labute approximate surface area is 166 Å². The third-order valence-corrected chi connectivity index (χ3v) is 5.47. The summed E-state index contributed by atoms with van der Waals surface area (Å²) >= 11 is 0. The van der Waals surface area contributed by atoms with Gasteiger partial charge in [0.05, 0.1) is 19.3 Å². The molecule has 1 aromatic rings. The van der Waals surface area contributed by atoms with Crippen molar-refractivity contribution in [1.82, 2.24) is 20.1 Å². The molecule has 8 nitrogen and oxygen atoms in total. The van der Waals surface area contributed by atoms with Crippen LogP contribution in [0.1, 0.15) is 29.7 Å². The molecule has 3 heterocycles. The highest BCUT2D eigenvalue weighted by Gasteiger charge is 2.30. The van der Waals surface area contributed by atoms with Crippen molar-refractivity contribution in [2.45, 2.75) is 39.3 Å². The van der Waals surface area contributed by atoms with Crippen molar-refractivity contribution in [3.05, 3.63) is 23.0 Å². The van der Waals surface area contributed by atoms with E-state index >= 15 is 0 Å². The minimum atomic E-state index is -0.241. The molecule has 0 spiro atoms. The Morgan fingerprint density at radius 3 is 2.64 bits per heavy atom. The van der Waals surface area contributed by atoms with E-state index in [2.05, 4.69) is 20.2 Å². The third kappa shape index (κ3) is 4.38. The monoisotopic (exact) mass is 389 g/mol. The highest BCUT2D eigenvalue weighted by atomic mass is 16.5. The molecule has 8 heteroatoms. The first-order chi connectivity index (χ1) is 13.5. The number of nitrogens with zero attached hydrogens (tertiary/aromatic N) is 4. The molecule has 1 unspecified atom stereocenters. The van der Waals surface area contributed by atoms with Gasteiger partial charge in [0.25, 0.3) is 5.91 Å². The minimum Gasteiger partial charge on any atom is -0.496 e. The molecule has 0 aliphatic carbocycles. The van der Waals surface area contributed by atoms with E-state index in [1.807, 2.05) is 24.9 Å². The molecule has 0 saturated carbocycles. The topological polar surface area (TPSA) is 79.3 Å². The van der Waals surface area contributed by atoms with Crippen LogP contribution in [0.4, 0.5) is 0 Å². The maximum absolute atomic E-state index is 12.5. The summed E-state index contributed by atoms with van der Waals surface area (Å²) in [6.45, 7) is 8.17. The van der Waals surface area contributed by atoms with Gasteiger partial charge in [-0.25, -0.2) is 0 Å². The number of amides is 1. The molecule has 28 heavy (non-hydrogen) atoms. The molecular formula is C20H31N5O3. The molecule has 3 rings (SSSR count). The number of carbonyl (C=O) groups excluding carboxylic acids is 1. The van der Waals surface area contributed by atoms with Gasteiger partial charge >= 0.3 is 0 Å².